The fraction of sp³-hybridized carbons (Fsp3) is 0.652. The first-order valence-corrected chi connectivity index (χ1v) is 10.9. The van der Waals surface area contributed by atoms with Gasteiger partial charge in [0.1, 0.15) is 0 Å². The van der Waals surface area contributed by atoms with E-state index in [9.17, 15) is 18.0 Å². The number of hydrogen-bond acceptors (Lipinski definition) is 2. The Bertz CT molecular complexity index is 815. The van der Waals surface area contributed by atoms with E-state index in [1.54, 1.807) is 0 Å². The highest BCUT2D eigenvalue weighted by molar-refractivity contribution is 5.94. The maximum absolute atomic E-state index is 13.2. The van der Waals surface area contributed by atoms with E-state index < -0.39 is 12.6 Å². The summed E-state index contributed by atoms with van der Waals surface area (Å²) in [6, 6.07) is 9.38. The van der Waals surface area contributed by atoms with Gasteiger partial charge in [0.25, 0.3) is 0 Å². The monoisotopic (exact) mass is 421 g/mol. The van der Waals surface area contributed by atoms with Crippen LogP contribution in [-0.4, -0.2) is 35.0 Å². The van der Waals surface area contributed by atoms with E-state index in [0.717, 1.165) is 31.2 Å². The molecule has 1 N–H and O–H groups in total. The van der Waals surface area contributed by atoms with Gasteiger partial charge in [-0.3, -0.25) is 0 Å². The smallest absolute Gasteiger partial charge is 0.331 e. The maximum Gasteiger partial charge on any atom is 0.389 e. The zero-order valence-electron chi connectivity index (χ0n) is 17.6. The van der Waals surface area contributed by atoms with Crippen molar-refractivity contribution >= 4 is 11.7 Å². The minimum atomic E-state index is -4.18. The van der Waals surface area contributed by atoms with Crippen molar-refractivity contribution in [3.63, 3.8) is 0 Å². The molecule has 2 aliphatic carbocycles. The molecule has 1 aromatic rings. The number of alkyl halides is 3. The highest BCUT2D eigenvalue weighted by Crippen LogP contribution is 2.60. The molecule has 0 saturated heterocycles. The van der Waals surface area contributed by atoms with E-state index in [2.05, 4.69) is 24.3 Å². The van der Waals surface area contributed by atoms with Gasteiger partial charge < -0.3 is 5.32 Å². The number of urea groups is 1. The molecule has 3 aliphatic rings. The van der Waals surface area contributed by atoms with E-state index in [1.165, 1.54) is 5.01 Å². The fourth-order valence-corrected chi connectivity index (χ4v) is 5.73. The van der Waals surface area contributed by atoms with Crippen LogP contribution in [0.1, 0.15) is 70.3 Å². The SMILES string of the molecule is C[C@]1(NC(=O)N2CC(c3ccccc3)C(CCCC(F)(F)F)=N2)[C@H]2CC[C@]1(C)CC2. The van der Waals surface area contributed by atoms with Crippen molar-refractivity contribution in [2.24, 2.45) is 16.4 Å². The maximum atomic E-state index is 13.2. The molecular formula is C23H30F3N3O. The molecule has 2 atom stereocenters. The Morgan fingerprint density at radius 2 is 1.87 bits per heavy atom. The van der Waals surface area contributed by atoms with Crippen LogP contribution in [-0.2, 0) is 0 Å². The van der Waals surface area contributed by atoms with Gasteiger partial charge in [0.15, 0.2) is 0 Å². The molecule has 1 heterocycles. The fourth-order valence-electron chi connectivity index (χ4n) is 5.73. The number of benzene rings is 1. The van der Waals surface area contributed by atoms with Crippen molar-refractivity contribution in [1.82, 2.24) is 10.3 Å². The second kappa shape index (κ2) is 7.57. The number of amides is 2. The molecular weight excluding hydrogens is 391 g/mol. The van der Waals surface area contributed by atoms with Crippen LogP contribution < -0.4 is 5.32 Å². The molecule has 4 nitrogen and oxygen atoms in total. The van der Waals surface area contributed by atoms with Gasteiger partial charge in [-0.25, -0.2) is 9.80 Å². The molecule has 0 aromatic heterocycles. The predicted molar refractivity (Wildman–Crippen MR) is 110 cm³/mol. The molecule has 1 aromatic carbocycles. The second-order valence-corrected chi connectivity index (χ2v) is 9.57. The molecule has 7 heteroatoms. The summed E-state index contributed by atoms with van der Waals surface area (Å²) in [5.74, 6) is 0.322. The molecule has 2 amide bonds. The summed E-state index contributed by atoms with van der Waals surface area (Å²) in [5.41, 5.74) is 1.50. The summed E-state index contributed by atoms with van der Waals surface area (Å²) in [5, 5.41) is 9.21. The second-order valence-electron chi connectivity index (χ2n) is 9.57. The van der Waals surface area contributed by atoms with Crippen LogP contribution in [0.5, 0.6) is 0 Å². The van der Waals surface area contributed by atoms with Crippen molar-refractivity contribution in [3.05, 3.63) is 35.9 Å². The van der Waals surface area contributed by atoms with E-state index in [0.29, 0.717) is 18.2 Å². The van der Waals surface area contributed by atoms with Gasteiger partial charge >= 0.3 is 12.2 Å². The van der Waals surface area contributed by atoms with Gasteiger partial charge in [-0.15, -0.1) is 0 Å². The first-order chi connectivity index (χ1) is 14.1. The number of carbonyl (C=O) groups excluding carboxylic acids is 1. The minimum absolute atomic E-state index is 0.0149. The first kappa shape index (κ1) is 21.2. The Morgan fingerprint density at radius 3 is 2.43 bits per heavy atom. The van der Waals surface area contributed by atoms with Gasteiger partial charge in [-0.1, -0.05) is 37.3 Å². The third kappa shape index (κ3) is 3.83. The quantitative estimate of drug-likeness (QED) is 0.637. The predicted octanol–water partition coefficient (Wildman–Crippen LogP) is 5.85. The van der Waals surface area contributed by atoms with Crippen molar-refractivity contribution in [2.75, 3.05) is 6.54 Å². The number of nitrogens with zero attached hydrogens (tertiary/aromatic N) is 2. The third-order valence-electron chi connectivity index (χ3n) is 7.86. The third-order valence-corrected chi connectivity index (χ3v) is 7.86. The minimum Gasteiger partial charge on any atom is -0.331 e. The summed E-state index contributed by atoms with van der Waals surface area (Å²) >= 11 is 0. The lowest BCUT2D eigenvalue weighted by atomic mass is 9.76. The van der Waals surface area contributed by atoms with Crippen LogP contribution >= 0.6 is 0 Å². The number of hydrazone groups is 1. The average molecular weight is 422 g/mol. The lowest BCUT2D eigenvalue weighted by Crippen LogP contribution is -2.56. The van der Waals surface area contributed by atoms with E-state index in [-0.39, 0.29) is 35.7 Å². The first-order valence-electron chi connectivity index (χ1n) is 10.9. The average Bonchev–Trinajstić information content (AvgIpc) is 3.29. The molecule has 0 radical (unpaired) electrons. The van der Waals surface area contributed by atoms with Crippen molar-refractivity contribution in [2.45, 2.75) is 76.4 Å². The largest absolute Gasteiger partial charge is 0.389 e. The van der Waals surface area contributed by atoms with Crippen LogP contribution in [0.3, 0.4) is 0 Å². The number of nitrogens with one attached hydrogen (secondary N) is 1. The molecule has 0 spiro atoms. The van der Waals surface area contributed by atoms with Crippen molar-refractivity contribution in [1.29, 1.82) is 0 Å². The highest BCUT2D eigenvalue weighted by Gasteiger charge is 2.60. The Balaban J connectivity index is 1.49. The lowest BCUT2D eigenvalue weighted by molar-refractivity contribution is -0.135. The van der Waals surface area contributed by atoms with Crippen molar-refractivity contribution < 1.29 is 18.0 Å². The van der Waals surface area contributed by atoms with Crippen molar-refractivity contribution in [3.8, 4) is 0 Å². The topological polar surface area (TPSA) is 44.7 Å². The van der Waals surface area contributed by atoms with E-state index in [4.69, 9.17) is 0 Å². The summed E-state index contributed by atoms with van der Waals surface area (Å²) in [6.07, 6.45) is -0.292. The van der Waals surface area contributed by atoms with Crippen LogP contribution in [0.25, 0.3) is 0 Å². The zero-order chi connectivity index (χ0) is 21.6. The Kier molecular flexibility index (Phi) is 5.35. The summed E-state index contributed by atoms with van der Waals surface area (Å²) < 4.78 is 37.9. The summed E-state index contributed by atoms with van der Waals surface area (Å²) in [6.45, 7) is 4.77. The van der Waals surface area contributed by atoms with E-state index >= 15 is 0 Å². The molecule has 164 valence electrons. The van der Waals surface area contributed by atoms with Gasteiger partial charge in [0, 0.05) is 23.6 Å². The zero-order valence-corrected chi connectivity index (χ0v) is 17.6. The van der Waals surface area contributed by atoms with Gasteiger partial charge in [-0.05, 0) is 62.3 Å². The normalized spacial score (nSPS) is 33.1. The Labute approximate surface area is 175 Å². The molecule has 2 bridgehead atoms. The van der Waals surface area contributed by atoms with Crippen LogP contribution in [0.15, 0.2) is 35.4 Å². The molecule has 1 unspecified atom stereocenters. The van der Waals surface area contributed by atoms with Gasteiger partial charge in [-0.2, -0.15) is 18.3 Å². The number of rotatable bonds is 5. The van der Waals surface area contributed by atoms with Gasteiger partial charge in [0.05, 0.1) is 6.54 Å². The standard InChI is InChI=1S/C23H30F3N3O/c1-21-13-10-17(11-14-21)22(21,2)27-20(30)29-15-18(16-7-4-3-5-8-16)19(28-29)9-6-12-23(24,25)26/h3-5,7-8,17-18H,6,9-15H2,1-2H3,(H,27,30)/t17-,18?,21+,22-/m0/s1. The van der Waals surface area contributed by atoms with Gasteiger partial charge in [0.2, 0.25) is 0 Å². The molecule has 2 saturated carbocycles. The summed E-state index contributed by atoms with van der Waals surface area (Å²) in [7, 11) is 0. The number of carbonyl (C=O) groups is 1. The molecule has 2 fully saturated rings. The summed E-state index contributed by atoms with van der Waals surface area (Å²) in [4.78, 5) is 13.2. The molecule has 4 rings (SSSR count). The molecule has 1 aliphatic heterocycles. The van der Waals surface area contributed by atoms with Crippen LogP contribution in [0.4, 0.5) is 18.0 Å². The molecule has 30 heavy (non-hydrogen) atoms. The van der Waals surface area contributed by atoms with E-state index in [1.807, 2.05) is 30.3 Å². The number of fused-ring (bicyclic) bond motifs is 2. The Hall–Kier alpha value is -2.05. The number of halogens is 3. The highest BCUT2D eigenvalue weighted by atomic mass is 19.4. The number of hydrogen-bond donors (Lipinski definition) is 1. The lowest BCUT2D eigenvalue weighted by Gasteiger charge is -2.39. The van der Waals surface area contributed by atoms with Crippen LogP contribution in [0.2, 0.25) is 0 Å². The van der Waals surface area contributed by atoms with Crippen LogP contribution in [0, 0.1) is 11.3 Å². The Morgan fingerprint density at radius 1 is 1.20 bits per heavy atom.